The molecule has 0 amide bonds. The lowest BCUT2D eigenvalue weighted by Gasteiger charge is -2.12. The predicted octanol–water partition coefficient (Wildman–Crippen LogP) is 3.83. The monoisotopic (exact) mass is 356 g/mol. The Bertz CT molecular complexity index is 395. The van der Waals surface area contributed by atoms with Crippen molar-refractivity contribution in [3.63, 3.8) is 0 Å². The van der Waals surface area contributed by atoms with Gasteiger partial charge in [0, 0.05) is 4.47 Å². The van der Waals surface area contributed by atoms with Crippen molar-refractivity contribution in [3.05, 3.63) is 25.6 Å². The first-order valence-corrected chi connectivity index (χ1v) is 6.01. The Balaban J connectivity index is 3.29. The number of halogens is 3. The van der Waals surface area contributed by atoms with E-state index in [1.165, 1.54) is 0 Å². The molecule has 0 unspecified atom stereocenters. The summed E-state index contributed by atoms with van der Waals surface area (Å²) in [7, 11) is 0. The standard InChI is InChI=1S/C8H7Br2ClN2S/c1-3-2-4(9)7(13-8(12)14)5(10)6(3)11/h2H,1H3,(H3,12,13,14). The second-order valence-electron chi connectivity index (χ2n) is 2.67. The summed E-state index contributed by atoms with van der Waals surface area (Å²) in [6.45, 7) is 1.92. The van der Waals surface area contributed by atoms with Gasteiger partial charge < -0.3 is 11.1 Å². The van der Waals surface area contributed by atoms with Gasteiger partial charge in [-0.05, 0) is 62.6 Å². The van der Waals surface area contributed by atoms with Crippen LogP contribution in [0.2, 0.25) is 5.02 Å². The minimum absolute atomic E-state index is 0.200. The molecule has 0 heterocycles. The van der Waals surface area contributed by atoms with Crippen molar-refractivity contribution >= 4 is 66.5 Å². The number of nitrogens with two attached hydrogens (primary N) is 1. The quantitative estimate of drug-likeness (QED) is 0.592. The van der Waals surface area contributed by atoms with Crippen molar-refractivity contribution in [2.24, 2.45) is 5.73 Å². The lowest BCUT2D eigenvalue weighted by atomic mass is 10.2. The molecule has 1 rings (SSSR count). The van der Waals surface area contributed by atoms with Crippen LogP contribution < -0.4 is 11.1 Å². The van der Waals surface area contributed by atoms with Crippen LogP contribution in [0.25, 0.3) is 0 Å². The Morgan fingerprint density at radius 3 is 2.64 bits per heavy atom. The highest BCUT2D eigenvalue weighted by Crippen LogP contribution is 2.38. The zero-order valence-electron chi connectivity index (χ0n) is 7.20. The largest absolute Gasteiger partial charge is 0.376 e. The van der Waals surface area contributed by atoms with Crippen LogP contribution in [-0.2, 0) is 0 Å². The van der Waals surface area contributed by atoms with E-state index in [-0.39, 0.29) is 5.11 Å². The Kier molecular flexibility index (Phi) is 4.18. The van der Waals surface area contributed by atoms with Crippen LogP contribution in [-0.4, -0.2) is 5.11 Å². The number of benzene rings is 1. The maximum Gasteiger partial charge on any atom is 0.168 e. The van der Waals surface area contributed by atoms with Crippen LogP contribution in [0.4, 0.5) is 5.69 Å². The zero-order chi connectivity index (χ0) is 10.9. The highest BCUT2D eigenvalue weighted by Gasteiger charge is 2.11. The molecule has 0 bridgehead atoms. The molecule has 0 atom stereocenters. The molecule has 0 fully saturated rings. The van der Waals surface area contributed by atoms with Gasteiger partial charge >= 0.3 is 0 Å². The Morgan fingerprint density at radius 2 is 2.14 bits per heavy atom. The summed E-state index contributed by atoms with van der Waals surface area (Å²) >= 11 is 17.6. The van der Waals surface area contributed by atoms with Crippen LogP contribution in [0.3, 0.4) is 0 Å². The summed E-state index contributed by atoms with van der Waals surface area (Å²) in [6, 6.07) is 1.90. The van der Waals surface area contributed by atoms with E-state index in [2.05, 4.69) is 37.2 Å². The van der Waals surface area contributed by atoms with Crippen LogP contribution in [0.5, 0.6) is 0 Å². The second-order valence-corrected chi connectivity index (χ2v) is 5.13. The lowest BCUT2D eigenvalue weighted by molar-refractivity contribution is 1.42. The molecule has 76 valence electrons. The first kappa shape index (κ1) is 12.2. The van der Waals surface area contributed by atoms with Gasteiger partial charge in [0.2, 0.25) is 0 Å². The Labute approximate surface area is 109 Å². The normalized spacial score (nSPS) is 10.0. The fourth-order valence-corrected chi connectivity index (χ4v) is 2.73. The van der Waals surface area contributed by atoms with Crippen molar-refractivity contribution in [3.8, 4) is 0 Å². The molecule has 0 aliphatic rings. The van der Waals surface area contributed by atoms with E-state index in [1.54, 1.807) is 0 Å². The topological polar surface area (TPSA) is 38.0 Å². The number of hydrogen-bond donors (Lipinski definition) is 2. The molecule has 0 spiro atoms. The molecule has 0 aliphatic carbocycles. The van der Waals surface area contributed by atoms with Crippen LogP contribution in [0, 0.1) is 6.92 Å². The first-order valence-electron chi connectivity index (χ1n) is 3.64. The number of rotatable bonds is 1. The molecule has 0 saturated heterocycles. The summed E-state index contributed by atoms with van der Waals surface area (Å²) in [5, 5.41) is 3.69. The molecule has 1 aromatic rings. The van der Waals surface area contributed by atoms with Gasteiger partial charge in [0.25, 0.3) is 0 Å². The van der Waals surface area contributed by atoms with Gasteiger partial charge in [0.05, 0.1) is 15.2 Å². The van der Waals surface area contributed by atoms with Gasteiger partial charge in [-0.1, -0.05) is 11.6 Å². The minimum Gasteiger partial charge on any atom is -0.376 e. The van der Waals surface area contributed by atoms with Gasteiger partial charge in [-0.2, -0.15) is 0 Å². The second kappa shape index (κ2) is 4.79. The smallest absolute Gasteiger partial charge is 0.168 e. The highest BCUT2D eigenvalue weighted by atomic mass is 79.9. The molecule has 6 heteroatoms. The number of aryl methyl sites for hydroxylation is 1. The Hall–Kier alpha value is 0.160. The fraction of sp³-hybridized carbons (Fsp3) is 0.125. The Morgan fingerprint density at radius 1 is 1.57 bits per heavy atom. The third-order valence-corrected chi connectivity index (χ3v) is 3.82. The molecule has 0 aromatic heterocycles. The molecule has 3 N–H and O–H groups in total. The molecule has 2 nitrogen and oxygen atoms in total. The van der Waals surface area contributed by atoms with Gasteiger partial charge in [-0.15, -0.1) is 0 Å². The molecule has 0 saturated carbocycles. The third kappa shape index (κ3) is 2.59. The average Bonchev–Trinajstić information content (AvgIpc) is 2.09. The number of thiocarbonyl (C=S) groups is 1. The van der Waals surface area contributed by atoms with Crippen LogP contribution in [0.15, 0.2) is 15.0 Å². The first-order chi connectivity index (χ1) is 6.43. The maximum atomic E-state index is 6.05. The van der Waals surface area contributed by atoms with Gasteiger partial charge in [0.15, 0.2) is 5.11 Å². The van der Waals surface area contributed by atoms with E-state index >= 15 is 0 Å². The SMILES string of the molecule is Cc1cc(Br)c(NC(N)=S)c(Br)c1Cl. The maximum absolute atomic E-state index is 6.05. The minimum atomic E-state index is 0.200. The number of nitrogens with one attached hydrogen (secondary N) is 1. The van der Waals surface area contributed by atoms with E-state index in [0.717, 1.165) is 20.2 Å². The summed E-state index contributed by atoms with van der Waals surface area (Å²) in [4.78, 5) is 0. The van der Waals surface area contributed by atoms with Crippen molar-refractivity contribution in [1.82, 2.24) is 0 Å². The number of anilines is 1. The molecule has 0 aliphatic heterocycles. The molecule has 0 radical (unpaired) electrons. The number of hydrogen-bond acceptors (Lipinski definition) is 1. The molecular formula is C8H7Br2ClN2S. The highest BCUT2D eigenvalue weighted by molar-refractivity contribution is 9.11. The van der Waals surface area contributed by atoms with Gasteiger partial charge in [-0.25, -0.2) is 0 Å². The third-order valence-electron chi connectivity index (χ3n) is 1.59. The van der Waals surface area contributed by atoms with E-state index < -0.39 is 0 Å². The summed E-state index contributed by atoms with van der Waals surface area (Å²) in [6.07, 6.45) is 0. The molecule has 1 aromatic carbocycles. The van der Waals surface area contributed by atoms with E-state index in [4.69, 9.17) is 29.6 Å². The van der Waals surface area contributed by atoms with Crippen LogP contribution >= 0.6 is 55.7 Å². The van der Waals surface area contributed by atoms with Crippen molar-refractivity contribution in [2.75, 3.05) is 5.32 Å². The van der Waals surface area contributed by atoms with Gasteiger partial charge in [-0.3, -0.25) is 0 Å². The fourth-order valence-electron chi connectivity index (χ4n) is 0.951. The summed E-state index contributed by atoms with van der Waals surface area (Å²) in [5.41, 5.74) is 7.10. The van der Waals surface area contributed by atoms with Crippen molar-refractivity contribution in [2.45, 2.75) is 6.92 Å². The molecular weight excluding hydrogens is 351 g/mol. The van der Waals surface area contributed by atoms with E-state index in [0.29, 0.717) is 5.02 Å². The molecule has 14 heavy (non-hydrogen) atoms. The van der Waals surface area contributed by atoms with Crippen molar-refractivity contribution in [1.29, 1.82) is 0 Å². The van der Waals surface area contributed by atoms with Crippen LogP contribution in [0.1, 0.15) is 5.56 Å². The summed E-state index contributed by atoms with van der Waals surface area (Å²) in [5.74, 6) is 0. The van der Waals surface area contributed by atoms with Gasteiger partial charge in [0.1, 0.15) is 0 Å². The predicted molar refractivity (Wildman–Crippen MR) is 72.0 cm³/mol. The zero-order valence-corrected chi connectivity index (χ0v) is 11.9. The summed E-state index contributed by atoms with van der Waals surface area (Å²) < 4.78 is 1.61. The van der Waals surface area contributed by atoms with E-state index in [9.17, 15) is 0 Å². The van der Waals surface area contributed by atoms with E-state index in [1.807, 2.05) is 13.0 Å². The van der Waals surface area contributed by atoms with Crippen molar-refractivity contribution < 1.29 is 0 Å². The lowest BCUT2D eigenvalue weighted by Crippen LogP contribution is -2.19. The average molecular weight is 358 g/mol.